The van der Waals surface area contributed by atoms with E-state index in [1.807, 2.05) is 5.01 Å². The Labute approximate surface area is 140 Å². The van der Waals surface area contributed by atoms with Crippen molar-refractivity contribution >= 4 is 5.97 Å². The highest BCUT2D eigenvalue weighted by Crippen LogP contribution is 2.41. The third-order valence-corrected chi connectivity index (χ3v) is 4.65. The van der Waals surface area contributed by atoms with Gasteiger partial charge in [0.1, 0.15) is 11.9 Å². The fourth-order valence-corrected chi connectivity index (χ4v) is 3.18. The molecule has 1 saturated carbocycles. The zero-order chi connectivity index (χ0) is 17.9. The zero-order valence-corrected chi connectivity index (χ0v) is 14.0. The predicted octanol–water partition coefficient (Wildman–Crippen LogP) is 1.52. The first kappa shape index (κ1) is 18.7. The molecule has 0 bridgehead atoms. The number of hydrogen-bond acceptors (Lipinski definition) is 5. The van der Waals surface area contributed by atoms with E-state index in [9.17, 15) is 13.6 Å². The molecule has 0 spiro atoms. The molecule has 0 radical (unpaired) electrons. The van der Waals surface area contributed by atoms with Crippen molar-refractivity contribution in [3.05, 3.63) is 24.0 Å². The smallest absolute Gasteiger partial charge is 0.320 e. The fraction of sp³-hybridized carbons (Fsp3) is 0.688. The molecule has 2 rings (SSSR count). The van der Waals surface area contributed by atoms with Crippen molar-refractivity contribution in [2.24, 2.45) is 5.73 Å². The number of hydrogen-bond donors (Lipinski definition) is 3. The van der Waals surface area contributed by atoms with E-state index >= 15 is 0 Å². The first-order valence-corrected chi connectivity index (χ1v) is 8.21. The van der Waals surface area contributed by atoms with Gasteiger partial charge < -0.3 is 16.2 Å². The summed E-state index contributed by atoms with van der Waals surface area (Å²) >= 11 is 0. The Kier molecular flexibility index (Phi) is 5.82. The van der Waals surface area contributed by atoms with Gasteiger partial charge in [-0.2, -0.15) is 0 Å². The van der Waals surface area contributed by atoms with Crippen LogP contribution in [-0.2, 0) is 4.79 Å². The van der Waals surface area contributed by atoms with Crippen LogP contribution >= 0.6 is 0 Å². The van der Waals surface area contributed by atoms with Crippen LogP contribution in [0.4, 0.5) is 8.78 Å². The molecule has 0 amide bonds. The van der Waals surface area contributed by atoms with Gasteiger partial charge in [-0.25, -0.2) is 13.8 Å². The molecule has 2 aliphatic rings. The molecule has 24 heavy (non-hydrogen) atoms. The predicted molar refractivity (Wildman–Crippen MR) is 87.1 cm³/mol. The lowest BCUT2D eigenvalue weighted by atomic mass is 9.87. The molecule has 1 aliphatic carbocycles. The van der Waals surface area contributed by atoms with E-state index in [4.69, 9.17) is 10.8 Å². The van der Waals surface area contributed by atoms with Crippen LogP contribution in [0.2, 0.25) is 0 Å². The largest absolute Gasteiger partial charge is 0.480 e. The summed E-state index contributed by atoms with van der Waals surface area (Å²) in [7, 11) is 1.81. The van der Waals surface area contributed by atoms with Gasteiger partial charge in [0.2, 0.25) is 0 Å². The molecule has 1 aliphatic heterocycles. The van der Waals surface area contributed by atoms with E-state index in [-0.39, 0.29) is 25.3 Å². The van der Waals surface area contributed by atoms with Crippen LogP contribution in [0.15, 0.2) is 24.0 Å². The lowest BCUT2D eigenvalue weighted by Crippen LogP contribution is -2.58. The van der Waals surface area contributed by atoms with E-state index in [1.54, 1.807) is 18.1 Å². The molecule has 0 saturated heterocycles. The first-order chi connectivity index (χ1) is 11.2. The summed E-state index contributed by atoms with van der Waals surface area (Å²) in [6.07, 6.45) is 3.38. The Morgan fingerprint density at radius 1 is 1.58 bits per heavy atom. The number of rotatable bonds is 8. The Bertz CT molecular complexity index is 516. The molecule has 4 N–H and O–H groups in total. The number of aliphatic carboxylic acids is 1. The van der Waals surface area contributed by atoms with E-state index in [0.717, 1.165) is 30.8 Å². The van der Waals surface area contributed by atoms with Crippen LogP contribution in [0, 0.1) is 0 Å². The van der Waals surface area contributed by atoms with Crippen LogP contribution in [-0.4, -0.2) is 59.2 Å². The van der Waals surface area contributed by atoms with Gasteiger partial charge in [0, 0.05) is 39.0 Å². The van der Waals surface area contributed by atoms with Crippen molar-refractivity contribution in [3.63, 3.8) is 0 Å². The molecular weight excluding hydrogens is 318 g/mol. The second-order valence-electron chi connectivity index (χ2n) is 6.45. The van der Waals surface area contributed by atoms with Crippen molar-refractivity contribution in [1.29, 1.82) is 0 Å². The van der Waals surface area contributed by atoms with Crippen LogP contribution in [0.1, 0.15) is 32.1 Å². The molecule has 1 fully saturated rings. The average molecular weight is 344 g/mol. The van der Waals surface area contributed by atoms with Crippen LogP contribution in [0.5, 0.6) is 0 Å². The van der Waals surface area contributed by atoms with E-state index < -0.39 is 17.9 Å². The highest BCUT2D eigenvalue weighted by atomic mass is 19.3. The summed E-state index contributed by atoms with van der Waals surface area (Å²) in [6, 6.07) is -1.33. The highest BCUT2D eigenvalue weighted by Gasteiger charge is 2.49. The number of carboxylic acid groups (broad SMARTS) is 1. The Morgan fingerprint density at radius 2 is 2.25 bits per heavy atom. The number of nitrogens with two attached hydrogens (primary N) is 1. The second kappa shape index (κ2) is 7.48. The van der Waals surface area contributed by atoms with Crippen molar-refractivity contribution in [3.8, 4) is 0 Å². The van der Waals surface area contributed by atoms with Crippen molar-refractivity contribution in [1.82, 2.24) is 15.3 Å². The number of nitrogens with one attached hydrogen (secondary N) is 1. The standard InChI is InChI=1S/C16H26F2N4O2/c1-3-11-5-4-7-20-14(11)21(2)22(8-6-13(19)15(23)24)12-9-16(17,18)10-12/h3,12-13,20H,1,4-10,19H2,2H3,(H,23,24)/t13-/m0/s1. The number of hydrazine groups is 1. The van der Waals surface area contributed by atoms with Crippen LogP contribution in [0.25, 0.3) is 0 Å². The van der Waals surface area contributed by atoms with Gasteiger partial charge in [0.25, 0.3) is 5.92 Å². The summed E-state index contributed by atoms with van der Waals surface area (Å²) in [5.74, 6) is -2.89. The fourth-order valence-electron chi connectivity index (χ4n) is 3.18. The number of allylic oxidation sites excluding steroid dienone is 2. The minimum atomic E-state index is -2.64. The topological polar surface area (TPSA) is 81.8 Å². The quantitative estimate of drug-likeness (QED) is 0.579. The number of carbonyl (C=O) groups is 1. The van der Waals surface area contributed by atoms with Crippen LogP contribution in [0.3, 0.4) is 0 Å². The highest BCUT2D eigenvalue weighted by molar-refractivity contribution is 5.72. The molecule has 6 nitrogen and oxygen atoms in total. The summed E-state index contributed by atoms with van der Waals surface area (Å²) in [5.41, 5.74) is 6.60. The van der Waals surface area contributed by atoms with Gasteiger partial charge in [-0.05, 0) is 24.8 Å². The zero-order valence-electron chi connectivity index (χ0n) is 14.0. The molecule has 0 aromatic rings. The molecule has 0 unspecified atom stereocenters. The van der Waals surface area contributed by atoms with Gasteiger partial charge in [0.15, 0.2) is 0 Å². The minimum Gasteiger partial charge on any atom is -0.480 e. The molecule has 8 heteroatoms. The van der Waals surface area contributed by atoms with Crippen LogP contribution < -0.4 is 11.1 Å². The summed E-state index contributed by atoms with van der Waals surface area (Å²) in [5, 5.41) is 15.9. The SMILES string of the molecule is C=CC1=C(N(C)N(CC[C@H](N)C(=O)O)C2CC(F)(F)C2)NCCC1. The first-order valence-electron chi connectivity index (χ1n) is 8.21. The van der Waals surface area contributed by atoms with Gasteiger partial charge >= 0.3 is 5.97 Å². The number of carboxylic acids is 1. The van der Waals surface area contributed by atoms with Gasteiger partial charge in [-0.15, -0.1) is 0 Å². The Hall–Kier alpha value is -1.67. The second-order valence-corrected chi connectivity index (χ2v) is 6.45. The third-order valence-electron chi connectivity index (χ3n) is 4.65. The van der Waals surface area contributed by atoms with Crippen molar-refractivity contribution < 1.29 is 18.7 Å². The maximum atomic E-state index is 13.3. The summed E-state index contributed by atoms with van der Waals surface area (Å²) in [4.78, 5) is 10.9. The molecule has 136 valence electrons. The lowest BCUT2D eigenvalue weighted by Gasteiger charge is -2.48. The van der Waals surface area contributed by atoms with Gasteiger partial charge in [-0.1, -0.05) is 12.7 Å². The lowest BCUT2D eigenvalue weighted by molar-refractivity contribution is -0.166. The number of halogens is 2. The van der Waals surface area contributed by atoms with Gasteiger partial charge in [-0.3, -0.25) is 9.80 Å². The minimum absolute atomic E-state index is 0.193. The molecule has 1 heterocycles. The summed E-state index contributed by atoms with van der Waals surface area (Å²) < 4.78 is 26.6. The normalized spacial score (nSPS) is 21.9. The number of nitrogens with zero attached hydrogens (tertiary/aromatic N) is 2. The molecule has 0 aromatic carbocycles. The monoisotopic (exact) mass is 344 g/mol. The maximum absolute atomic E-state index is 13.3. The molecular formula is C16H26F2N4O2. The molecule has 1 atom stereocenters. The summed E-state index contributed by atoms with van der Waals surface area (Å²) in [6.45, 7) is 4.93. The van der Waals surface area contributed by atoms with E-state index in [2.05, 4.69) is 11.9 Å². The maximum Gasteiger partial charge on any atom is 0.320 e. The van der Waals surface area contributed by atoms with E-state index in [0.29, 0.717) is 6.54 Å². The van der Waals surface area contributed by atoms with Crippen molar-refractivity contribution in [2.45, 2.75) is 50.1 Å². The Balaban J connectivity index is 2.13. The third kappa shape index (κ3) is 4.24. The average Bonchev–Trinajstić information content (AvgIpc) is 2.52. The molecule has 0 aromatic heterocycles. The van der Waals surface area contributed by atoms with Crippen molar-refractivity contribution in [2.75, 3.05) is 20.1 Å². The number of alkyl halides is 2. The van der Waals surface area contributed by atoms with E-state index in [1.165, 1.54) is 0 Å². The Morgan fingerprint density at radius 3 is 2.79 bits per heavy atom. The van der Waals surface area contributed by atoms with Gasteiger partial charge in [0.05, 0.1) is 0 Å².